The van der Waals surface area contributed by atoms with Crippen LogP contribution >= 0.6 is 0 Å². The molecule has 162 valence electrons. The van der Waals surface area contributed by atoms with Crippen LogP contribution in [0, 0.1) is 6.92 Å². The highest BCUT2D eigenvalue weighted by molar-refractivity contribution is 5.86. The predicted molar refractivity (Wildman–Crippen MR) is 123 cm³/mol. The summed E-state index contributed by atoms with van der Waals surface area (Å²) >= 11 is 0. The normalized spacial score (nSPS) is 15.1. The number of nitrogens with zero attached hydrogens (tertiary/aromatic N) is 1. The number of hydrogen-bond donors (Lipinski definition) is 1. The smallest absolute Gasteiger partial charge is 0.303 e. The Kier molecular flexibility index (Phi) is 5.39. The Morgan fingerprint density at radius 3 is 2.81 bits per heavy atom. The molecule has 0 saturated carbocycles. The lowest BCUT2D eigenvalue weighted by atomic mass is 9.98. The molecule has 1 aliphatic rings. The third-order valence-corrected chi connectivity index (χ3v) is 6.23. The molecule has 4 aromatic rings. The summed E-state index contributed by atoms with van der Waals surface area (Å²) in [5, 5.41) is 11.4. The number of carboxylic acid groups (broad SMARTS) is 1. The molecule has 3 aromatic carbocycles. The molecule has 0 aliphatic heterocycles. The summed E-state index contributed by atoms with van der Waals surface area (Å²) in [5.41, 5.74) is 4.21. The van der Waals surface area contributed by atoms with Crippen molar-refractivity contribution >= 4 is 16.7 Å². The Bertz CT molecular complexity index is 1290. The van der Waals surface area contributed by atoms with E-state index in [1.807, 2.05) is 43.3 Å². The zero-order chi connectivity index (χ0) is 22.1. The van der Waals surface area contributed by atoms with Crippen LogP contribution in [-0.4, -0.2) is 22.7 Å². The molecule has 5 heteroatoms. The molecule has 1 aromatic heterocycles. The summed E-state index contributed by atoms with van der Waals surface area (Å²) in [5.74, 6) is 1.63. The molecule has 1 aliphatic carbocycles. The zero-order valence-electron chi connectivity index (χ0n) is 18.0. The number of carbonyl (C=O) groups is 1. The van der Waals surface area contributed by atoms with E-state index in [2.05, 4.69) is 24.3 Å². The first-order chi connectivity index (χ1) is 15.6. The minimum Gasteiger partial charge on any atom is -0.493 e. The summed E-state index contributed by atoms with van der Waals surface area (Å²) in [4.78, 5) is 15.8. The molecule has 0 amide bonds. The van der Waals surface area contributed by atoms with E-state index in [0.717, 1.165) is 46.6 Å². The van der Waals surface area contributed by atoms with Crippen LogP contribution in [0.5, 0.6) is 5.75 Å². The Hall–Kier alpha value is -3.60. The van der Waals surface area contributed by atoms with Crippen LogP contribution in [0.4, 0.5) is 0 Å². The molecule has 1 atom stereocenters. The Labute approximate surface area is 186 Å². The zero-order valence-corrected chi connectivity index (χ0v) is 18.0. The minimum atomic E-state index is -0.741. The fraction of sp³-hybridized carbons (Fsp3) is 0.259. The average molecular weight is 428 g/mol. The van der Waals surface area contributed by atoms with Crippen molar-refractivity contribution in [2.24, 2.45) is 0 Å². The Morgan fingerprint density at radius 2 is 1.97 bits per heavy atom. The molecule has 5 rings (SSSR count). The van der Waals surface area contributed by atoms with E-state index in [0.29, 0.717) is 18.9 Å². The van der Waals surface area contributed by atoms with Gasteiger partial charge in [-0.25, -0.2) is 4.98 Å². The largest absolute Gasteiger partial charge is 0.493 e. The Balaban J connectivity index is 1.24. The van der Waals surface area contributed by atoms with Gasteiger partial charge in [-0.2, -0.15) is 0 Å². The van der Waals surface area contributed by atoms with Crippen molar-refractivity contribution in [3.05, 3.63) is 83.2 Å². The highest BCUT2D eigenvalue weighted by atomic mass is 16.5. The van der Waals surface area contributed by atoms with E-state index in [1.165, 1.54) is 10.9 Å². The molecule has 0 saturated heterocycles. The summed E-state index contributed by atoms with van der Waals surface area (Å²) in [7, 11) is 0. The summed E-state index contributed by atoms with van der Waals surface area (Å²) in [6, 6.07) is 20.5. The van der Waals surface area contributed by atoms with E-state index in [9.17, 15) is 4.79 Å². The lowest BCUT2D eigenvalue weighted by molar-refractivity contribution is -0.137. The fourth-order valence-electron chi connectivity index (χ4n) is 4.57. The second kappa shape index (κ2) is 8.50. The van der Waals surface area contributed by atoms with Crippen LogP contribution in [0.1, 0.15) is 41.3 Å². The monoisotopic (exact) mass is 427 g/mol. The molecule has 0 radical (unpaired) electrons. The van der Waals surface area contributed by atoms with Gasteiger partial charge in [0.05, 0.1) is 18.7 Å². The van der Waals surface area contributed by atoms with E-state index in [1.54, 1.807) is 0 Å². The van der Waals surface area contributed by atoms with Gasteiger partial charge in [0, 0.05) is 12.0 Å². The van der Waals surface area contributed by atoms with Crippen LogP contribution in [-0.2, 0) is 17.6 Å². The number of benzene rings is 3. The third-order valence-electron chi connectivity index (χ3n) is 6.23. The molecule has 0 spiro atoms. The van der Waals surface area contributed by atoms with Gasteiger partial charge in [-0.1, -0.05) is 36.4 Å². The van der Waals surface area contributed by atoms with E-state index >= 15 is 0 Å². The molecular formula is C27H25NO4. The second-order valence-electron chi connectivity index (χ2n) is 8.38. The van der Waals surface area contributed by atoms with Crippen LogP contribution < -0.4 is 4.74 Å². The highest BCUT2D eigenvalue weighted by Crippen LogP contribution is 2.37. The van der Waals surface area contributed by atoms with Gasteiger partial charge in [0.25, 0.3) is 0 Å². The van der Waals surface area contributed by atoms with Crippen molar-refractivity contribution in [2.45, 2.75) is 38.5 Å². The first-order valence-corrected chi connectivity index (χ1v) is 11.0. The SMILES string of the molecule is Cc1oc(-c2ccc3ccccc3c2)nc1CCOc1ccc2c(c1)CCC2CC(=O)O. The van der Waals surface area contributed by atoms with Gasteiger partial charge in [0.2, 0.25) is 5.89 Å². The first kappa shape index (κ1) is 20.3. The number of carboxylic acids is 1. The van der Waals surface area contributed by atoms with Gasteiger partial charge in [-0.05, 0) is 71.8 Å². The number of rotatable bonds is 7. The van der Waals surface area contributed by atoms with Gasteiger partial charge in [0.15, 0.2) is 0 Å². The van der Waals surface area contributed by atoms with Crippen LogP contribution in [0.3, 0.4) is 0 Å². The fourth-order valence-corrected chi connectivity index (χ4v) is 4.57. The standard InChI is InChI=1S/C27H25NO4/c1-17-25(28-27(32-17)22-9-6-18-4-2-3-5-19(18)14-22)12-13-31-23-10-11-24-20(15-23)7-8-21(24)16-26(29)30/h2-6,9-11,14-15,21H,7-8,12-13,16H2,1H3,(H,29,30). The van der Waals surface area contributed by atoms with Crippen LogP contribution in [0.2, 0.25) is 0 Å². The topological polar surface area (TPSA) is 72.6 Å². The van der Waals surface area contributed by atoms with Crippen molar-refractivity contribution in [1.29, 1.82) is 0 Å². The van der Waals surface area contributed by atoms with Crippen LogP contribution in [0.15, 0.2) is 65.1 Å². The molecule has 1 N–H and O–H groups in total. The summed E-state index contributed by atoms with van der Waals surface area (Å²) in [6.45, 7) is 2.44. The van der Waals surface area contributed by atoms with Crippen molar-refractivity contribution < 1.29 is 19.1 Å². The first-order valence-electron chi connectivity index (χ1n) is 11.0. The maximum atomic E-state index is 11.0. The van der Waals surface area contributed by atoms with Gasteiger partial charge in [0.1, 0.15) is 11.5 Å². The number of oxazole rings is 1. The molecule has 5 nitrogen and oxygen atoms in total. The van der Waals surface area contributed by atoms with Crippen molar-refractivity contribution in [1.82, 2.24) is 4.98 Å². The summed E-state index contributed by atoms with van der Waals surface area (Å²) in [6.07, 6.45) is 2.64. The molecule has 32 heavy (non-hydrogen) atoms. The quantitative estimate of drug-likeness (QED) is 0.396. The molecule has 0 fully saturated rings. The van der Waals surface area contributed by atoms with Crippen LogP contribution in [0.25, 0.3) is 22.2 Å². The molecule has 0 bridgehead atoms. The highest BCUT2D eigenvalue weighted by Gasteiger charge is 2.25. The van der Waals surface area contributed by atoms with E-state index in [-0.39, 0.29) is 12.3 Å². The van der Waals surface area contributed by atoms with Gasteiger partial charge >= 0.3 is 5.97 Å². The van der Waals surface area contributed by atoms with Gasteiger partial charge < -0.3 is 14.3 Å². The number of aryl methyl sites for hydroxylation is 2. The van der Waals surface area contributed by atoms with Gasteiger partial charge in [-0.3, -0.25) is 4.79 Å². The van der Waals surface area contributed by atoms with Crippen molar-refractivity contribution in [2.75, 3.05) is 6.61 Å². The number of fused-ring (bicyclic) bond motifs is 2. The van der Waals surface area contributed by atoms with Crippen molar-refractivity contribution in [3.63, 3.8) is 0 Å². The van der Waals surface area contributed by atoms with Gasteiger partial charge in [-0.15, -0.1) is 0 Å². The lowest BCUT2D eigenvalue weighted by Crippen LogP contribution is -2.04. The third kappa shape index (κ3) is 4.11. The van der Waals surface area contributed by atoms with E-state index < -0.39 is 5.97 Å². The maximum Gasteiger partial charge on any atom is 0.303 e. The second-order valence-corrected chi connectivity index (χ2v) is 8.38. The molecule has 1 heterocycles. The summed E-state index contributed by atoms with van der Waals surface area (Å²) < 4.78 is 11.9. The van der Waals surface area contributed by atoms with E-state index in [4.69, 9.17) is 19.2 Å². The average Bonchev–Trinajstić information content (AvgIpc) is 3.36. The molecule has 1 unspecified atom stereocenters. The predicted octanol–water partition coefficient (Wildman–Crippen LogP) is 5.93. The number of hydrogen-bond acceptors (Lipinski definition) is 4. The Morgan fingerprint density at radius 1 is 1.12 bits per heavy atom. The number of aliphatic carboxylic acids is 1. The lowest BCUT2D eigenvalue weighted by Gasteiger charge is -2.10. The number of aromatic nitrogens is 1. The minimum absolute atomic E-state index is 0.114. The van der Waals surface area contributed by atoms with Crippen molar-refractivity contribution in [3.8, 4) is 17.2 Å². The number of ether oxygens (including phenoxy) is 1. The maximum absolute atomic E-state index is 11.0. The molecular weight excluding hydrogens is 402 g/mol.